The van der Waals surface area contributed by atoms with Crippen molar-refractivity contribution in [1.82, 2.24) is 4.98 Å². The smallest absolute Gasteiger partial charge is 0.0798 e. The summed E-state index contributed by atoms with van der Waals surface area (Å²) in [6.07, 6.45) is 0. The summed E-state index contributed by atoms with van der Waals surface area (Å²) in [7, 11) is 0. The molecule has 0 saturated carbocycles. The summed E-state index contributed by atoms with van der Waals surface area (Å²) in [5, 5.41) is 3.53. The number of nitrogens with zero attached hydrogens (tertiary/aromatic N) is 1. The van der Waals surface area contributed by atoms with Gasteiger partial charge in [-0.2, -0.15) is 0 Å². The van der Waals surface area contributed by atoms with Gasteiger partial charge >= 0.3 is 0 Å². The Balaban J connectivity index is 2.10. The first-order valence-corrected chi connectivity index (χ1v) is 7.53. The third kappa shape index (κ3) is 3.35. The van der Waals surface area contributed by atoms with Gasteiger partial charge in [0.2, 0.25) is 0 Å². The van der Waals surface area contributed by atoms with Crippen LogP contribution < -0.4 is 5.32 Å². The molecule has 0 aliphatic rings. The summed E-state index contributed by atoms with van der Waals surface area (Å²) in [6.45, 7) is 10.9. The molecule has 1 unspecified atom stereocenters. The van der Waals surface area contributed by atoms with E-state index in [0.717, 1.165) is 11.4 Å². The highest BCUT2D eigenvalue weighted by atomic mass is 32.1. The van der Waals surface area contributed by atoms with E-state index < -0.39 is 0 Å². The Labute approximate surface area is 119 Å². The lowest BCUT2D eigenvalue weighted by Gasteiger charge is -2.20. The second-order valence-electron chi connectivity index (χ2n) is 6.00. The molecule has 0 amide bonds. The number of hydrogen-bond donors (Lipinski definition) is 1. The summed E-state index contributed by atoms with van der Waals surface area (Å²) in [6, 6.07) is 9.03. The SMILES string of the molecule is Cc1ncsc1C(C)Nc1ccc(C(C)(C)C)cc1. The number of thiazole rings is 1. The quantitative estimate of drug-likeness (QED) is 0.859. The first-order chi connectivity index (χ1) is 8.88. The zero-order chi connectivity index (χ0) is 14.0. The molecule has 2 nitrogen and oxygen atoms in total. The van der Waals surface area contributed by atoms with Crippen LogP contribution in [0.5, 0.6) is 0 Å². The van der Waals surface area contributed by atoms with Crippen molar-refractivity contribution in [3.8, 4) is 0 Å². The average Bonchev–Trinajstić information content (AvgIpc) is 2.75. The van der Waals surface area contributed by atoms with E-state index in [1.54, 1.807) is 11.3 Å². The van der Waals surface area contributed by atoms with Gasteiger partial charge in [0, 0.05) is 10.6 Å². The van der Waals surface area contributed by atoms with Gasteiger partial charge in [-0.1, -0.05) is 32.9 Å². The normalized spacial score (nSPS) is 13.3. The molecule has 3 heteroatoms. The van der Waals surface area contributed by atoms with Crippen molar-refractivity contribution in [2.24, 2.45) is 0 Å². The van der Waals surface area contributed by atoms with Gasteiger partial charge < -0.3 is 5.32 Å². The van der Waals surface area contributed by atoms with Crippen molar-refractivity contribution in [3.05, 3.63) is 45.9 Å². The summed E-state index contributed by atoms with van der Waals surface area (Å²) >= 11 is 1.71. The number of rotatable bonds is 3. The van der Waals surface area contributed by atoms with E-state index in [1.807, 2.05) is 5.51 Å². The van der Waals surface area contributed by atoms with Crippen LogP contribution in [0.15, 0.2) is 29.8 Å². The Morgan fingerprint density at radius 1 is 1.16 bits per heavy atom. The first-order valence-electron chi connectivity index (χ1n) is 6.65. The molecule has 2 rings (SSSR count). The van der Waals surface area contributed by atoms with Crippen molar-refractivity contribution in [2.45, 2.75) is 46.1 Å². The third-order valence-corrected chi connectivity index (χ3v) is 4.42. The predicted molar refractivity (Wildman–Crippen MR) is 84.0 cm³/mol. The van der Waals surface area contributed by atoms with Crippen molar-refractivity contribution in [3.63, 3.8) is 0 Å². The van der Waals surface area contributed by atoms with Crippen LogP contribution in [0.25, 0.3) is 0 Å². The maximum Gasteiger partial charge on any atom is 0.0798 e. The van der Waals surface area contributed by atoms with Gasteiger partial charge in [-0.15, -0.1) is 11.3 Å². The molecule has 0 aliphatic heterocycles. The summed E-state index contributed by atoms with van der Waals surface area (Å²) in [4.78, 5) is 5.61. The van der Waals surface area contributed by atoms with Crippen LogP contribution in [0.2, 0.25) is 0 Å². The van der Waals surface area contributed by atoms with E-state index >= 15 is 0 Å². The van der Waals surface area contributed by atoms with E-state index in [0.29, 0.717) is 6.04 Å². The second-order valence-corrected chi connectivity index (χ2v) is 6.88. The van der Waals surface area contributed by atoms with E-state index in [2.05, 4.69) is 69.2 Å². The maximum atomic E-state index is 4.30. The molecule has 19 heavy (non-hydrogen) atoms. The van der Waals surface area contributed by atoms with E-state index in [-0.39, 0.29) is 5.41 Å². The standard InChI is InChI=1S/C16H22N2S/c1-11-15(19-10-17-11)12(2)18-14-8-6-13(7-9-14)16(3,4)5/h6-10,12,18H,1-5H3. The minimum absolute atomic E-state index is 0.207. The van der Waals surface area contributed by atoms with Gasteiger partial charge in [0.25, 0.3) is 0 Å². The number of nitrogens with one attached hydrogen (secondary N) is 1. The Kier molecular flexibility index (Phi) is 3.95. The summed E-state index contributed by atoms with van der Waals surface area (Å²) < 4.78 is 0. The zero-order valence-corrected chi connectivity index (χ0v) is 13.1. The topological polar surface area (TPSA) is 24.9 Å². The molecule has 1 N–H and O–H groups in total. The van der Waals surface area contributed by atoms with Gasteiger partial charge in [0.1, 0.15) is 0 Å². The Hall–Kier alpha value is -1.35. The molecule has 0 fully saturated rings. The summed E-state index contributed by atoms with van der Waals surface area (Å²) in [5.74, 6) is 0. The molecule has 0 spiro atoms. The lowest BCUT2D eigenvalue weighted by atomic mass is 9.87. The maximum absolute atomic E-state index is 4.30. The van der Waals surface area contributed by atoms with E-state index in [4.69, 9.17) is 0 Å². The van der Waals surface area contributed by atoms with E-state index in [1.165, 1.54) is 10.4 Å². The highest BCUT2D eigenvalue weighted by molar-refractivity contribution is 7.09. The monoisotopic (exact) mass is 274 g/mol. The van der Waals surface area contributed by atoms with Crippen LogP contribution >= 0.6 is 11.3 Å². The second kappa shape index (κ2) is 5.33. The number of benzene rings is 1. The van der Waals surface area contributed by atoms with Crippen LogP contribution in [0.1, 0.15) is 49.9 Å². The van der Waals surface area contributed by atoms with Crippen molar-refractivity contribution in [2.75, 3.05) is 5.32 Å². The molecule has 1 atom stereocenters. The van der Waals surface area contributed by atoms with Crippen LogP contribution in [0.4, 0.5) is 5.69 Å². The number of aryl methyl sites for hydroxylation is 1. The van der Waals surface area contributed by atoms with Crippen LogP contribution in [-0.2, 0) is 5.41 Å². The van der Waals surface area contributed by atoms with Crippen molar-refractivity contribution in [1.29, 1.82) is 0 Å². The molecule has 0 aliphatic carbocycles. The Morgan fingerprint density at radius 3 is 2.26 bits per heavy atom. The molecular formula is C16H22N2S. The molecule has 102 valence electrons. The fourth-order valence-electron chi connectivity index (χ4n) is 2.11. The lowest BCUT2D eigenvalue weighted by molar-refractivity contribution is 0.590. The zero-order valence-electron chi connectivity index (χ0n) is 12.3. The van der Waals surface area contributed by atoms with Crippen molar-refractivity contribution < 1.29 is 0 Å². The van der Waals surface area contributed by atoms with Crippen LogP contribution in [0.3, 0.4) is 0 Å². The van der Waals surface area contributed by atoms with Gasteiger partial charge in [-0.05, 0) is 37.0 Å². The molecular weight excluding hydrogens is 252 g/mol. The van der Waals surface area contributed by atoms with Crippen LogP contribution in [0, 0.1) is 6.92 Å². The number of aromatic nitrogens is 1. The van der Waals surface area contributed by atoms with Gasteiger partial charge in [-0.25, -0.2) is 4.98 Å². The largest absolute Gasteiger partial charge is 0.378 e. The van der Waals surface area contributed by atoms with Crippen molar-refractivity contribution >= 4 is 17.0 Å². The van der Waals surface area contributed by atoms with Gasteiger partial charge in [0.15, 0.2) is 0 Å². The number of hydrogen-bond acceptors (Lipinski definition) is 3. The highest BCUT2D eigenvalue weighted by Crippen LogP contribution is 2.27. The molecule has 1 heterocycles. The highest BCUT2D eigenvalue weighted by Gasteiger charge is 2.14. The molecule has 0 bridgehead atoms. The molecule has 2 aromatic rings. The molecule has 1 aromatic carbocycles. The summed E-state index contributed by atoms with van der Waals surface area (Å²) in [5.41, 5.74) is 5.76. The fraction of sp³-hybridized carbons (Fsp3) is 0.438. The molecule has 0 radical (unpaired) electrons. The fourth-order valence-corrected chi connectivity index (χ4v) is 2.92. The minimum atomic E-state index is 0.207. The minimum Gasteiger partial charge on any atom is -0.378 e. The molecule has 0 saturated heterocycles. The third-order valence-electron chi connectivity index (χ3n) is 3.31. The Morgan fingerprint density at radius 2 is 1.79 bits per heavy atom. The van der Waals surface area contributed by atoms with Gasteiger partial charge in [0.05, 0.1) is 17.2 Å². The van der Waals surface area contributed by atoms with Crippen LogP contribution in [-0.4, -0.2) is 4.98 Å². The first kappa shape index (κ1) is 14.1. The van der Waals surface area contributed by atoms with Gasteiger partial charge in [-0.3, -0.25) is 0 Å². The predicted octanol–water partition coefficient (Wildman–Crippen LogP) is 4.92. The number of anilines is 1. The molecule has 1 aromatic heterocycles. The van der Waals surface area contributed by atoms with E-state index in [9.17, 15) is 0 Å². The Bertz CT molecular complexity index is 535. The lowest BCUT2D eigenvalue weighted by Crippen LogP contribution is -2.11. The average molecular weight is 274 g/mol.